The first kappa shape index (κ1) is 24.7. The highest BCUT2D eigenvalue weighted by molar-refractivity contribution is 5.94. The Hall–Kier alpha value is -3.66. The van der Waals surface area contributed by atoms with Crippen LogP contribution in [-0.2, 0) is 11.3 Å². The average Bonchev–Trinajstić information content (AvgIpc) is 3.45. The molecule has 0 spiro atoms. The number of hydrogen-bond donors (Lipinski definition) is 1. The molecule has 6 rings (SSSR count). The molecule has 1 aromatic heterocycles. The highest BCUT2D eigenvalue weighted by Gasteiger charge is 2.63. The highest BCUT2D eigenvalue weighted by Crippen LogP contribution is 2.55. The summed E-state index contributed by atoms with van der Waals surface area (Å²) in [7, 11) is 1.77. The number of fused-ring (bicyclic) bond motifs is 2. The zero-order valence-electron chi connectivity index (χ0n) is 21.9. The molecule has 3 amide bonds. The zero-order valence-corrected chi connectivity index (χ0v) is 21.9. The summed E-state index contributed by atoms with van der Waals surface area (Å²) in [6, 6.07) is 7.72. The number of ether oxygens (including phenoxy) is 1. The van der Waals surface area contributed by atoms with Gasteiger partial charge in [-0.1, -0.05) is 6.58 Å². The van der Waals surface area contributed by atoms with E-state index in [0.29, 0.717) is 43.9 Å². The van der Waals surface area contributed by atoms with E-state index in [4.69, 9.17) is 4.74 Å². The molecular formula is C28H35N7O3. The van der Waals surface area contributed by atoms with Gasteiger partial charge < -0.3 is 19.9 Å². The molecular weight excluding hydrogens is 482 g/mol. The number of benzene rings is 1. The number of carbonyl (C=O) groups is 2. The first-order valence-electron chi connectivity index (χ1n) is 13.5. The van der Waals surface area contributed by atoms with Crippen molar-refractivity contribution in [1.29, 1.82) is 0 Å². The number of likely N-dealkylation sites (tertiary alicyclic amines) is 2. The Morgan fingerprint density at radius 2 is 2.03 bits per heavy atom. The Labute approximate surface area is 223 Å². The summed E-state index contributed by atoms with van der Waals surface area (Å²) in [5.41, 5.74) is 1.59. The van der Waals surface area contributed by atoms with E-state index in [1.165, 1.54) is 32.0 Å². The summed E-state index contributed by atoms with van der Waals surface area (Å²) in [6.45, 7) is 9.38. The van der Waals surface area contributed by atoms with E-state index in [0.717, 1.165) is 36.4 Å². The maximum absolute atomic E-state index is 13.4. The number of aromatic nitrogens is 2. The molecule has 4 aliphatic rings. The van der Waals surface area contributed by atoms with Crippen LogP contribution in [0.4, 0.5) is 22.2 Å². The van der Waals surface area contributed by atoms with Gasteiger partial charge in [0.2, 0.25) is 11.9 Å². The Balaban J connectivity index is 1.08. The Bertz CT molecular complexity index is 1230. The predicted octanol–water partition coefficient (Wildman–Crippen LogP) is 3.24. The predicted molar refractivity (Wildman–Crippen MR) is 144 cm³/mol. The van der Waals surface area contributed by atoms with Crippen LogP contribution in [0, 0.1) is 5.92 Å². The standard InChI is InChI=1S/C28H35N7O3/c1-3-24(36)34-13-10-28(16-21(28)19-34)35-18-20-17-29-26(31-25(20)32(2)27(35)37)30-22-6-8-23(9-7-22)38-15-14-33-11-4-5-12-33/h3,6-9,17,21H,1,4-5,10-16,18-19H2,2H3,(H,29,30,31). The molecule has 4 heterocycles. The molecule has 1 aromatic carbocycles. The second kappa shape index (κ2) is 9.90. The van der Waals surface area contributed by atoms with Gasteiger partial charge in [0.05, 0.1) is 12.1 Å². The molecule has 3 fully saturated rings. The number of hydrogen-bond acceptors (Lipinski definition) is 7. The summed E-state index contributed by atoms with van der Waals surface area (Å²) in [4.78, 5) is 42.5. The van der Waals surface area contributed by atoms with Crippen molar-refractivity contribution in [2.24, 2.45) is 5.92 Å². The summed E-state index contributed by atoms with van der Waals surface area (Å²) in [5, 5.41) is 3.25. The third-order valence-electron chi connectivity index (χ3n) is 8.47. The zero-order chi connectivity index (χ0) is 26.3. The number of amides is 3. The van der Waals surface area contributed by atoms with Gasteiger partial charge in [0, 0.05) is 50.0 Å². The van der Waals surface area contributed by atoms with Gasteiger partial charge in [0.15, 0.2) is 0 Å². The SMILES string of the molecule is C=CC(=O)N1CCC2(N3Cc4cnc(Nc5ccc(OCCN6CCCC6)cc5)nc4N(C)C3=O)CC2C1. The van der Waals surface area contributed by atoms with Crippen molar-refractivity contribution in [2.45, 2.75) is 37.8 Å². The van der Waals surface area contributed by atoms with Gasteiger partial charge in [-0.15, -0.1) is 0 Å². The van der Waals surface area contributed by atoms with Crippen molar-refractivity contribution in [3.63, 3.8) is 0 Å². The molecule has 38 heavy (non-hydrogen) atoms. The highest BCUT2D eigenvalue weighted by atomic mass is 16.5. The summed E-state index contributed by atoms with van der Waals surface area (Å²) in [5.74, 6) is 2.17. The van der Waals surface area contributed by atoms with Crippen molar-refractivity contribution >= 4 is 29.4 Å². The molecule has 10 heteroatoms. The molecule has 3 aliphatic heterocycles. The van der Waals surface area contributed by atoms with Crippen molar-refractivity contribution in [3.8, 4) is 5.75 Å². The van der Waals surface area contributed by atoms with Crippen molar-refractivity contribution < 1.29 is 14.3 Å². The summed E-state index contributed by atoms with van der Waals surface area (Å²) in [6.07, 6.45) is 7.44. The number of nitrogens with zero attached hydrogens (tertiary/aromatic N) is 6. The maximum Gasteiger partial charge on any atom is 0.326 e. The minimum absolute atomic E-state index is 0.0361. The third kappa shape index (κ3) is 4.57. The van der Waals surface area contributed by atoms with Crippen LogP contribution in [0.15, 0.2) is 43.1 Å². The molecule has 2 saturated heterocycles. The number of rotatable bonds is 8. The van der Waals surface area contributed by atoms with Gasteiger partial charge in [-0.25, -0.2) is 9.78 Å². The van der Waals surface area contributed by atoms with Gasteiger partial charge in [-0.2, -0.15) is 4.98 Å². The molecule has 1 saturated carbocycles. The van der Waals surface area contributed by atoms with E-state index in [-0.39, 0.29) is 17.5 Å². The van der Waals surface area contributed by atoms with Crippen LogP contribution in [0.1, 0.15) is 31.2 Å². The molecule has 200 valence electrons. The fourth-order valence-electron chi connectivity index (χ4n) is 6.17. The number of carbonyl (C=O) groups excluding carboxylic acids is 2. The minimum Gasteiger partial charge on any atom is -0.492 e. The van der Waals surface area contributed by atoms with Crippen molar-refractivity contribution in [2.75, 3.05) is 56.6 Å². The number of nitrogens with one attached hydrogen (secondary N) is 1. The largest absolute Gasteiger partial charge is 0.492 e. The number of anilines is 3. The van der Waals surface area contributed by atoms with Crippen LogP contribution < -0.4 is 15.0 Å². The number of urea groups is 1. The van der Waals surface area contributed by atoms with Gasteiger partial charge in [-0.05, 0) is 69.1 Å². The monoisotopic (exact) mass is 517 g/mol. The van der Waals surface area contributed by atoms with E-state index >= 15 is 0 Å². The van der Waals surface area contributed by atoms with E-state index in [1.807, 2.05) is 34.1 Å². The van der Waals surface area contributed by atoms with Crippen LogP contribution >= 0.6 is 0 Å². The smallest absolute Gasteiger partial charge is 0.326 e. The first-order valence-corrected chi connectivity index (χ1v) is 13.5. The second-order valence-electron chi connectivity index (χ2n) is 10.8. The number of piperidine rings is 1. The Kier molecular flexibility index (Phi) is 6.43. The quantitative estimate of drug-likeness (QED) is 0.537. The molecule has 0 bridgehead atoms. The van der Waals surface area contributed by atoms with Crippen LogP contribution in [0.3, 0.4) is 0 Å². The fraction of sp³-hybridized carbons (Fsp3) is 0.500. The van der Waals surface area contributed by atoms with E-state index in [1.54, 1.807) is 18.1 Å². The lowest BCUT2D eigenvalue weighted by atomic mass is 10.0. The fourth-order valence-corrected chi connectivity index (χ4v) is 6.17. The van der Waals surface area contributed by atoms with Gasteiger partial charge in [-0.3, -0.25) is 14.6 Å². The summed E-state index contributed by atoms with van der Waals surface area (Å²) < 4.78 is 5.90. The molecule has 1 N–H and O–H groups in total. The topological polar surface area (TPSA) is 94.1 Å². The molecule has 2 atom stereocenters. The molecule has 0 radical (unpaired) electrons. The van der Waals surface area contributed by atoms with E-state index < -0.39 is 0 Å². The van der Waals surface area contributed by atoms with Crippen LogP contribution in [-0.4, -0.2) is 88.5 Å². The molecule has 1 aliphatic carbocycles. The van der Waals surface area contributed by atoms with Crippen LogP contribution in [0.25, 0.3) is 0 Å². The van der Waals surface area contributed by atoms with Gasteiger partial charge in [0.1, 0.15) is 18.2 Å². The summed E-state index contributed by atoms with van der Waals surface area (Å²) >= 11 is 0. The Morgan fingerprint density at radius 3 is 2.76 bits per heavy atom. The molecule has 2 aromatic rings. The Morgan fingerprint density at radius 1 is 1.24 bits per heavy atom. The minimum atomic E-state index is -0.184. The van der Waals surface area contributed by atoms with E-state index in [2.05, 4.69) is 26.8 Å². The molecule has 10 nitrogen and oxygen atoms in total. The normalized spacial score (nSPS) is 24.6. The van der Waals surface area contributed by atoms with E-state index in [9.17, 15) is 9.59 Å². The second-order valence-corrected chi connectivity index (χ2v) is 10.8. The maximum atomic E-state index is 13.4. The van der Waals surface area contributed by atoms with Gasteiger partial charge in [0.25, 0.3) is 0 Å². The lowest BCUT2D eigenvalue weighted by Gasteiger charge is -2.43. The van der Waals surface area contributed by atoms with Gasteiger partial charge >= 0.3 is 6.03 Å². The average molecular weight is 518 g/mol. The first-order chi connectivity index (χ1) is 18.5. The van der Waals surface area contributed by atoms with Crippen LogP contribution in [0.2, 0.25) is 0 Å². The van der Waals surface area contributed by atoms with Crippen molar-refractivity contribution in [3.05, 3.63) is 48.7 Å². The lowest BCUT2D eigenvalue weighted by Crippen LogP contribution is -2.55. The van der Waals surface area contributed by atoms with Crippen LogP contribution in [0.5, 0.6) is 5.75 Å². The molecule has 2 unspecified atom stereocenters. The lowest BCUT2D eigenvalue weighted by molar-refractivity contribution is -0.127. The third-order valence-corrected chi connectivity index (χ3v) is 8.47. The van der Waals surface area contributed by atoms with Crippen molar-refractivity contribution in [1.82, 2.24) is 24.7 Å².